The molecule has 20 heavy (non-hydrogen) atoms. The van der Waals surface area contributed by atoms with Crippen molar-refractivity contribution in [3.63, 3.8) is 0 Å². The van der Waals surface area contributed by atoms with Gasteiger partial charge in [-0.15, -0.1) is 0 Å². The molecule has 0 aliphatic heterocycles. The highest BCUT2D eigenvalue weighted by atomic mass is 35.5. The van der Waals surface area contributed by atoms with Gasteiger partial charge in [-0.3, -0.25) is 0 Å². The van der Waals surface area contributed by atoms with Gasteiger partial charge in [0, 0.05) is 6.04 Å². The molecule has 1 aromatic rings. The minimum Gasteiger partial charge on any atom is -0.478 e. The van der Waals surface area contributed by atoms with Crippen molar-refractivity contribution >= 4 is 29.3 Å². The average Bonchev–Trinajstić information content (AvgIpc) is 2.77. The molecule has 0 aromatic heterocycles. The Morgan fingerprint density at radius 2 is 2.10 bits per heavy atom. The SMILES string of the molecule is CC1CCCC1NC(=O)Nc1cc(C(=O)O)ccc1Cl. The number of carbonyl (C=O) groups excluding carboxylic acids is 1. The van der Waals surface area contributed by atoms with E-state index in [9.17, 15) is 9.59 Å². The quantitative estimate of drug-likeness (QED) is 0.800. The summed E-state index contributed by atoms with van der Waals surface area (Å²) in [5, 5.41) is 14.7. The molecule has 1 aliphatic carbocycles. The predicted molar refractivity (Wildman–Crippen MR) is 77.4 cm³/mol. The molecule has 0 heterocycles. The van der Waals surface area contributed by atoms with Crippen molar-refractivity contribution in [1.29, 1.82) is 0 Å². The number of halogens is 1. The number of anilines is 1. The van der Waals surface area contributed by atoms with E-state index in [2.05, 4.69) is 17.6 Å². The molecule has 1 aromatic carbocycles. The lowest BCUT2D eigenvalue weighted by molar-refractivity contribution is 0.0697. The summed E-state index contributed by atoms with van der Waals surface area (Å²) in [5.41, 5.74) is 0.383. The predicted octanol–water partition coefficient (Wildman–Crippen LogP) is 3.35. The van der Waals surface area contributed by atoms with E-state index in [1.54, 1.807) is 0 Å². The van der Waals surface area contributed by atoms with E-state index in [0.717, 1.165) is 19.3 Å². The summed E-state index contributed by atoms with van der Waals surface area (Å²) in [7, 11) is 0. The van der Waals surface area contributed by atoms with E-state index in [1.807, 2.05) is 0 Å². The summed E-state index contributed by atoms with van der Waals surface area (Å²) in [6, 6.07) is 4.01. The second-order valence-corrected chi connectivity index (χ2v) is 5.52. The number of benzene rings is 1. The summed E-state index contributed by atoms with van der Waals surface area (Å²) < 4.78 is 0. The molecule has 0 spiro atoms. The molecule has 0 bridgehead atoms. The number of aromatic carboxylic acids is 1. The molecule has 5 nitrogen and oxygen atoms in total. The van der Waals surface area contributed by atoms with Crippen LogP contribution < -0.4 is 10.6 Å². The minimum absolute atomic E-state index is 0.0823. The minimum atomic E-state index is -1.06. The van der Waals surface area contributed by atoms with Crippen LogP contribution in [-0.4, -0.2) is 23.1 Å². The van der Waals surface area contributed by atoms with Gasteiger partial charge in [-0.25, -0.2) is 9.59 Å². The molecule has 2 atom stereocenters. The lowest BCUT2D eigenvalue weighted by Gasteiger charge is -2.18. The highest BCUT2D eigenvalue weighted by Gasteiger charge is 2.24. The lowest BCUT2D eigenvalue weighted by Crippen LogP contribution is -2.39. The van der Waals surface area contributed by atoms with E-state index in [-0.39, 0.29) is 17.6 Å². The van der Waals surface area contributed by atoms with Gasteiger partial charge < -0.3 is 15.7 Å². The van der Waals surface area contributed by atoms with Gasteiger partial charge in [0.05, 0.1) is 16.3 Å². The Bertz CT molecular complexity index is 533. The molecule has 1 fully saturated rings. The second kappa shape index (κ2) is 6.13. The molecule has 1 aliphatic rings. The third kappa shape index (κ3) is 3.42. The molecular formula is C14H17ClN2O3. The number of urea groups is 1. The number of hydrogen-bond donors (Lipinski definition) is 3. The number of hydrogen-bond acceptors (Lipinski definition) is 2. The molecule has 2 rings (SSSR count). The van der Waals surface area contributed by atoms with Crippen LogP contribution in [-0.2, 0) is 0 Å². The van der Waals surface area contributed by atoms with Crippen molar-refractivity contribution in [3.8, 4) is 0 Å². The van der Waals surface area contributed by atoms with Crippen LogP contribution in [0, 0.1) is 5.92 Å². The van der Waals surface area contributed by atoms with Crippen LogP contribution in [0.4, 0.5) is 10.5 Å². The number of carboxylic acids is 1. The molecule has 0 radical (unpaired) electrons. The standard InChI is InChI=1S/C14H17ClN2O3/c1-8-3-2-4-11(8)16-14(20)17-12-7-9(13(18)19)5-6-10(12)15/h5-8,11H,2-4H2,1H3,(H,18,19)(H2,16,17,20). The van der Waals surface area contributed by atoms with Crippen molar-refractivity contribution < 1.29 is 14.7 Å². The van der Waals surface area contributed by atoms with E-state index >= 15 is 0 Å². The van der Waals surface area contributed by atoms with Gasteiger partial charge in [0.2, 0.25) is 0 Å². The van der Waals surface area contributed by atoms with E-state index in [4.69, 9.17) is 16.7 Å². The van der Waals surface area contributed by atoms with Crippen LogP contribution in [0.1, 0.15) is 36.5 Å². The smallest absolute Gasteiger partial charge is 0.335 e. The Labute approximate surface area is 122 Å². The van der Waals surface area contributed by atoms with Crippen molar-refractivity contribution in [3.05, 3.63) is 28.8 Å². The first-order valence-corrected chi connectivity index (χ1v) is 6.95. The highest BCUT2D eigenvalue weighted by Crippen LogP contribution is 2.26. The van der Waals surface area contributed by atoms with Crippen LogP contribution in [0.5, 0.6) is 0 Å². The highest BCUT2D eigenvalue weighted by molar-refractivity contribution is 6.33. The molecular weight excluding hydrogens is 280 g/mol. The summed E-state index contributed by atoms with van der Waals surface area (Å²) in [4.78, 5) is 22.8. The first kappa shape index (κ1) is 14.7. The topological polar surface area (TPSA) is 78.4 Å². The van der Waals surface area contributed by atoms with Crippen molar-refractivity contribution in [2.75, 3.05) is 5.32 Å². The zero-order valence-corrected chi connectivity index (χ0v) is 11.9. The first-order chi connectivity index (χ1) is 9.47. The monoisotopic (exact) mass is 296 g/mol. The number of carbonyl (C=O) groups is 2. The summed E-state index contributed by atoms with van der Waals surface area (Å²) in [6.45, 7) is 2.11. The fourth-order valence-corrected chi connectivity index (χ4v) is 2.61. The molecule has 2 amide bonds. The van der Waals surface area contributed by atoms with E-state index < -0.39 is 5.97 Å². The zero-order chi connectivity index (χ0) is 14.7. The Morgan fingerprint density at radius 1 is 1.35 bits per heavy atom. The van der Waals surface area contributed by atoms with Gasteiger partial charge in [0.25, 0.3) is 0 Å². The fourth-order valence-electron chi connectivity index (χ4n) is 2.44. The van der Waals surface area contributed by atoms with Gasteiger partial charge in [-0.1, -0.05) is 24.9 Å². The number of nitrogens with one attached hydrogen (secondary N) is 2. The molecule has 1 saturated carbocycles. The fraction of sp³-hybridized carbons (Fsp3) is 0.429. The van der Waals surface area contributed by atoms with Crippen LogP contribution in [0.2, 0.25) is 5.02 Å². The van der Waals surface area contributed by atoms with E-state index in [1.165, 1.54) is 18.2 Å². The lowest BCUT2D eigenvalue weighted by atomic mass is 10.1. The van der Waals surface area contributed by atoms with Gasteiger partial charge >= 0.3 is 12.0 Å². The number of carboxylic acid groups (broad SMARTS) is 1. The summed E-state index contributed by atoms with van der Waals surface area (Å²) >= 11 is 5.95. The maximum Gasteiger partial charge on any atom is 0.335 e. The molecule has 108 valence electrons. The van der Waals surface area contributed by atoms with Crippen molar-refractivity contribution in [2.24, 2.45) is 5.92 Å². The van der Waals surface area contributed by atoms with Crippen LogP contribution in [0.25, 0.3) is 0 Å². The molecule has 2 unspecified atom stereocenters. The normalized spacial score (nSPS) is 21.5. The van der Waals surface area contributed by atoms with Gasteiger partial charge in [-0.05, 0) is 37.0 Å². The Hall–Kier alpha value is -1.75. The average molecular weight is 297 g/mol. The number of amides is 2. The molecule has 0 saturated heterocycles. The zero-order valence-electron chi connectivity index (χ0n) is 11.1. The Balaban J connectivity index is 2.03. The van der Waals surface area contributed by atoms with Crippen LogP contribution >= 0.6 is 11.6 Å². The first-order valence-electron chi connectivity index (χ1n) is 6.57. The Kier molecular flexibility index (Phi) is 4.49. The maximum atomic E-state index is 11.9. The third-order valence-corrected chi connectivity index (χ3v) is 3.97. The second-order valence-electron chi connectivity index (χ2n) is 5.11. The molecule has 3 N–H and O–H groups in total. The van der Waals surface area contributed by atoms with Crippen LogP contribution in [0.3, 0.4) is 0 Å². The maximum absolute atomic E-state index is 11.9. The molecule has 6 heteroatoms. The number of rotatable bonds is 3. The van der Waals surface area contributed by atoms with Crippen molar-refractivity contribution in [2.45, 2.75) is 32.2 Å². The largest absolute Gasteiger partial charge is 0.478 e. The summed E-state index contributed by atoms with van der Waals surface area (Å²) in [6.07, 6.45) is 3.19. The van der Waals surface area contributed by atoms with E-state index in [0.29, 0.717) is 16.6 Å². The van der Waals surface area contributed by atoms with Gasteiger partial charge in [-0.2, -0.15) is 0 Å². The van der Waals surface area contributed by atoms with Crippen molar-refractivity contribution in [1.82, 2.24) is 5.32 Å². The Morgan fingerprint density at radius 3 is 2.70 bits per heavy atom. The van der Waals surface area contributed by atoms with Gasteiger partial charge in [0.1, 0.15) is 0 Å². The van der Waals surface area contributed by atoms with Crippen LogP contribution in [0.15, 0.2) is 18.2 Å². The third-order valence-electron chi connectivity index (χ3n) is 3.64. The summed E-state index contributed by atoms with van der Waals surface area (Å²) in [5.74, 6) is -0.601. The van der Waals surface area contributed by atoms with Gasteiger partial charge in [0.15, 0.2) is 0 Å².